The van der Waals surface area contributed by atoms with Crippen LogP contribution in [0.15, 0.2) is 0 Å². The normalized spacial score (nSPS) is 11.8. The smallest absolute Gasteiger partial charge is 0.150 e. The Bertz CT molecular complexity index is 201. The van der Waals surface area contributed by atoms with Gasteiger partial charge in [-0.25, -0.2) is 8.42 Å². The molecular weight excluding hydrogens is 190 g/mol. The molecular formula is C8H19NO3S. The molecule has 0 aliphatic carbocycles. The van der Waals surface area contributed by atoms with E-state index in [1.165, 1.54) is 0 Å². The first-order valence-corrected chi connectivity index (χ1v) is 6.37. The Morgan fingerprint density at radius 3 is 2.54 bits per heavy atom. The van der Waals surface area contributed by atoms with Gasteiger partial charge < -0.3 is 10.1 Å². The molecule has 0 bridgehead atoms. The summed E-state index contributed by atoms with van der Waals surface area (Å²) in [5.41, 5.74) is 0. The number of nitrogens with one attached hydrogen (secondary N) is 1. The highest BCUT2D eigenvalue weighted by atomic mass is 32.2. The van der Waals surface area contributed by atoms with Crippen LogP contribution in [-0.2, 0) is 14.6 Å². The lowest BCUT2D eigenvalue weighted by Gasteiger charge is -2.03. The Morgan fingerprint density at radius 1 is 1.31 bits per heavy atom. The molecule has 80 valence electrons. The van der Waals surface area contributed by atoms with Gasteiger partial charge in [-0.1, -0.05) is 6.92 Å². The summed E-state index contributed by atoms with van der Waals surface area (Å²) in [4.78, 5) is 0. The topological polar surface area (TPSA) is 55.4 Å². The summed E-state index contributed by atoms with van der Waals surface area (Å²) in [7, 11) is -0.956. The molecule has 0 radical (unpaired) electrons. The molecule has 5 heteroatoms. The molecule has 0 amide bonds. The second-order valence-electron chi connectivity index (χ2n) is 2.81. The molecule has 0 saturated carbocycles. The molecule has 0 atom stereocenters. The third-order valence-electron chi connectivity index (χ3n) is 1.68. The van der Waals surface area contributed by atoms with Gasteiger partial charge >= 0.3 is 0 Å². The van der Waals surface area contributed by atoms with Crippen LogP contribution in [0.1, 0.15) is 13.3 Å². The Hall–Kier alpha value is -0.130. The molecule has 0 aromatic heterocycles. The van der Waals surface area contributed by atoms with Crippen molar-refractivity contribution < 1.29 is 13.2 Å². The first-order valence-electron chi connectivity index (χ1n) is 4.55. The van der Waals surface area contributed by atoms with E-state index in [0.717, 1.165) is 6.54 Å². The average molecular weight is 209 g/mol. The van der Waals surface area contributed by atoms with Gasteiger partial charge in [0.1, 0.15) is 9.84 Å². The van der Waals surface area contributed by atoms with Gasteiger partial charge in [-0.05, 0) is 13.5 Å². The van der Waals surface area contributed by atoms with Crippen LogP contribution in [0.5, 0.6) is 0 Å². The highest BCUT2D eigenvalue weighted by Crippen LogP contribution is 1.93. The Balaban J connectivity index is 3.26. The molecule has 0 spiro atoms. The Kier molecular flexibility index (Phi) is 7.22. The molecule has 4 nitrogen and oxygen atoms in total. The van der Waals surface area contributed by atoms with Gasteiger partial charge in [-0.3, -0.25) is 0 Å². The number of hydrogen-bond donors (Lipinski definition) is 1. The van der Waals surface area contributed by atoms with Crippen molar-refractivity contribution in [3.8, 4) is 0 Å². The molecule has 0 heterocycles. The summed E-state index contributed by atoms with van der Waals surface area (Å²) >= 11 is 0. The zero-order valence-electron chi connectivity index (χ0n) is 8.38. The van der Waals surface area contributed by atoms with Gasteiger partial charge in [-0.15, -0.1) is 0 Å². The van der Waals surface area contributed by atoms with Crippen molar-refractivity contribution in [1.29, 1.82) is 0 Å². The van der Waals surface area contributed by atoms with Crippen LogP contribution in [0.25, 0.3) is 0 Å². The number of ether oxygens (including phenoxy) is 1. The summed E-state index contributed by atoms with van der Waals surface area (Å²) in [5.74, 6) is 0.465. The number of hydrogen-bond acceptors (Lipinski definition) is 4. The van der Waals surface area contributed by atoms with Crippen LogP contribution >= 0.6 is 0 Å². The minimum absolute atomic E-state index is 0.226. The van der Waals surface area contributed by atoms with Gasteiger partial charge in [0, 0.05) is 18.9 Å². The van der Waals surface area contributed by atoms with Crippen LogP contribution in [0.2, 0.25) is 0 Å². The van der Waals surface area contributed by atoms with Gasteiger partial charge in [-0.2, -0.15) is 0 Å². The van der Waals surface area contributed by atoms with Crippen molar-refractivity contribution >= 4 is 9.84 Å². The Morgan fingerprint density at radius 2 is 2.00 bits per heavy atom. The molecule has 0 aliphatic heterocycles. The van der Waals surface area contributed by atoms with Crippen molar-refractivity contribution in [2.24, 2.45) is 0 Å². The maximum atomic E-state index is 11.0. The molecule has 1 N–H and O–H groups in total. The predicted octanol–water partition coefficient (Wildman–Crippen LogP) is 0.0472. The van der Waals surface area contributed by atoms with E-state index in [-0.39, 0.29) is 11.5 Å². The minimum Gasteiger partial charge on any atom is -0.380 e. The molecule has 0 rings (SSSR count). The number of sulfone groups is 1. The fourth-order valence-corrected chi connectivity index (χ4v) is 1.65. The largest absolute Gasteiger partial charge is 0.380 e. The first-order chi connectivity index (χ1) is 6.12. The zero-order valence-corrected chi connectivity index (χ0v) is 9.19. The van der Waals surface area contributed by atoms with Crippen LogP contribution in [0.3, 0.4) is 0 Å². The SMILES string of the molecule is CCS(=O)(=O)CCCOCCNC. The summed E-state index contributed by atoms with van der Waals surface area (Å²) < 4.78 is 27.2. The minimum atomic E-state index is -2.81. The van der Waals surface area contributed by atoms with Crippen molar-refractivity contribution in [2.75, 3.05) is 38.3 Å². The highest BCUT2D eigenvalue weighted by molar-refractivity contribution is 7.91. The maximum Gasteiger partial charge on any atom is 0.150 e. The van der Waals surface area contributed by atoms with E-state index < -0.39 is 9.84 Å². The lowest BCUT2D eigenvalue weighted by Crippen LogP contribution is -2.16. The van der Waals surface area contributed by atoms with E-state index in [2.05, 4.69) is 5.32 Å². The lowest BCUT2D eigenvalue weighted by atomic mass is 10.5. The average Bonchev–Trinajstić information content (AvgIpc) is 2.11. The van der Waals surface area contributed by atoms with Gasteiger partial charge in [0.05, 0.1) is 12.4 Å². The molecule has 0 unspecified atom stereocenters. The highest BCUT2D eigenvalue weighted by Gasteiger charge is 2.05. The fraction of sp³-hybridized carbons (Fsp3) is 1.00. The molecule has 0 aromatic carbocycles. The van der Waals surface area contributed by atoms with E-state index in [0.29, 0.717) is 19.6 Å². The van der Waals surface area contributed by atoms with E-state index in [1.54, 1.807) is 6.92 Å². The summed E-state index contributed by atoms with van der Waals surface area (Å²) in [6.07, 6.45) is 0.597. The predicted molar refractivity (Wildman–Crippen MR) is 53.7 cm³/mol. The van der Waals surface area contributed by atoms with Crippen LogP contribution in [0, 0.1) is 0 Å². The van der Waals surface area contributed by atoms with Crippen LogP contribution in [0.4, 0.5) is 0 Å². The monoisotopic (exact) mass is 209 g/mol. The fourth-order valence-electron chi connectivity index (χ4n) is 0.802. The second kappa shape index (κ2) is 7.29. The molecule has 0 aliphatic rings. The van der Waals surface area contributed by atoms with Gasteiger partial charge in [0.15, 0.2) is 0 Å². The molecule has 0 saturated heterocycles. The molecule has 13 heavy (non-hydrogen) atoms. The standard InChI is InChI=1S/C8H19NO3S/c1-3-13(10,11)8-4-6-12-7-5-9-2/h9H,3-8H2,1-2H3. The van der Waals surface area contributed by atoms with Crippen molar-refractivity contribution in [1.82, 2.24) is 5.32 Å². The van der Waals surface area contributed by atoms with E-state index in [4.69, 9.17) is 4.74 Å². The zero-order chi connectivity index (χ0) is 10.2. The third kappa shape index (κ3) is 8.21. The number of rotatable bonds is 8. The summed E-state index contributed by atoms with van der Waals surface area (Å²) in [6, 6.07) is 0. The van der Waals surface area contributed by atoms with Crippen LogP contribution < -0.4 is 5.32 Å². The quantitative estimate of drug-likeness (QED) is 0.574. The molecule has 0 fully saturated rings. The van der Waals surface area contributed by atoms with Crippen molar-refractivity contribution in [3.05, 3.63) is 0 Å². The Labute approximate surface area is 80.6 Å². The first kappa shape index (κ1) is 12.9. The lowest BCUT2D eigenvalue weighted by molar-refractivity contribution is 0.138. The van der Waals surface area contributed by atoms with E-state index >= 15 is 0 Å². The third-order valence-corrected chi connectivity index (χ3v) is 3.47. The van der Waals surface area contributed by atoms with Crippen molar-refractivity contribution in [2.45, 2.75) is 13.3 Å². The van der Waals surface area contributed by atoms with Gasteiger partial charge in [0.25, 0.3) is 0 Å². The van der Waals surface area contributed by atoms with Crippen LogP contribution in [-0.4, -0.2) is 46.7 Å². The second-order valence-corrected chi connectivity index (χ2v) is 5.28. The number of likely N-dealkylation sites (N-methyl/N-ethyl adjacent to an activating group) is 1. The van der Waals surface area contributed by atoms with E-state index in [9.17, 15) is 8.42 Å². The van der Waals surface area contributed by atoms with Gasteiger partial charge in [0.2, 0.25) is 0 Å². The van der Waals surface area contributed by atoms with Crippen molar-refractivity contribution in [3.63, 3.8) is 0 Å². The molecule has 0 aromatic rings. The maximum absolute atomic E-state index is 11.0. The van der Waals surface area contributed by atoms with E-state index in [1.807, 2.05) is 7.05 Å². The summed E-state index contributed by atoms with van der Waals surface area (Å²) in [6.45, 7) is 3.64. The summed E-state index contributed by atoms with van der Waals surface area (Å²) in [5, 5.41) is 2.94.